The van der Waals surface area contributed by atoms with Gasteiger partial charge in [0.1, 0.15) is 0 Å². The van der Waals surface area contributed by atoms with Gasteiger partial charge >= 0.3 is 5.97 Å². The molecule has 0 spiro atoms. The molecule has 7 heteroatoms. The van der Waals surface area contributed by atoms with Gasteiger partial charge in [-0.25, -0.2) is 9.78 Å². The van der Waals surface area contributed by atoms with Crippen LogP contribution >= 0.6 is 11.3 Å². The minimum absolute atomic E-state index is 0.234. The van der Waals surface area contributed by atoms with Crippen LogP contribution in [0.3, 0.4) is 0 Å². The number of benzene rings is 1. The zero-order valence-corrected chi connectivity index (χ0v) is 17.9. The van der Waals surface area contributed by atoms with Crippen molar-refractivity contribution in [1.29, 1.82) is 5.26 Å². The van der Waals surface area contributed by atoms with Crippen molar-refractivity contribution in [3.05, 3.63) is 63.5 Å². The van der Waals surface area contributed by atoms with Gasteiger partial charge in [-0.05, 0) is 47.6 Å². The van der Waals surface area contributed by atoms with Crippen LogP contribution in [0.4, 0.5) is 0 Å². The molecule has 0 N–H and O–H groups in total. The van der Waals surface area contributed by atoms with Crippen LogP contribution in [0.15, 0.2) is 41.8 Å². The second-order valence-electron chi connectivity index (χ2n) is 7.32. The third kappa shape index (κ3) is 4.35. The number of carbonyl (C=O) groups excluding carboxylic acids is 2. The quantitative estimate of drug-likeness (QED) is 0.543. The van der Waals surface area contributed by atoms with E-state index in [1.807, 2.05) is 41.8 Å². The Hall–Kier alpha value is -3.50. The van der Waals surface area contributed by atoms with Crippen LogP contribution in [0, 0.1) is 11.3 Å². The number of hydrogen-bond acceptors (Lipinski definition) is 6. The molecule has 1 amide bonds. The molecule has 1 aliphatic carbocycles. The maximum atomic E-state index is 13.1. The fourth-order valence-electron chi connectivity index (χ4n) is 3.71. The topological polar surface area (TPSA) is 83.3 Å². The standard InChI is InChI=1S/C24H21N3O3S/c1-27(12-5-11-25)21(28)15-30-24(29)22-18-7-2-3-8-20(18)26-23-16(9-10-19(22)23)14-17-6-4-13-31-17/h2-4,6-8,13-14H,5,9-10,12,15H2,1H3. The average Bonchev–Trinajstić information content (AvgIpc) is 3.44. The molecule has 31 heavy (non-hydrogen) atoms. The lowest BCUT2D eigenvalue weighted by molar-refractivity contribution is -0.133. The molecule has 0 bridgehead atoms. The lowest BCUT2D eigenvalue weighted by Crippen LogP contribution is -2.32. The van der Waals surface area contributed by atoms with Gasteiger partial charge in [0.2, 0.25) is 0 Å². The molecule has 0 saturated heterocycles. The molecule has 1 aromatic carbocycles. The van der Waals surface area contributed by atoms with E-state index in [9.17, 15) is 9.59 Å². The summed E-state index contributed by atoms with van der Waals surface area (Å²) in [4.78, 5) is 32.7. The number of rotatable bonds is 6. The second-order valence-corrected chi connectivity index (χ2v) is 8.29. The van der Waals surface area contributed by atoms with Gasteiger partial charge < -0.3 is 9.64 Å². The average molecular weight is 432 g/mol. The summed E-state index contributed by atoms with van der Waals surface area (Å²) in [6.45, 7) is -0.0541. The molecule has 2 aromatic heterocycles. The van der Waals surface area contributed by atoms with Gasteiger partial charge in [-0.3, -0.25) is 4.79 Å². The number of fused-ring (bicyclic) bond motifs is 2. The van der Waals surface area contributed by atoms with Gasteiger partial charge in [0.15, 0.2) is 6.61 Å². The number of aromatic nitrogens is 1. The summed E-state index contributed by atoms with van der Waals surface area (Å²) in [5.74, 6) is -0.855. The van der Waals surface area contributed by atoms with Crippen LogP contribution < -0.4 is 0 Å². The number of amides is 1. The molecular formula is C24H21N3O3S. The van der Waals surface area contributed by atoms with E-state index >= 15 is 0 Å². The number of carbonyl (C=O) groups is 2. The fourth-order valence-corrected chi connectivity index (χ4v) is 4.39. The summed E-state index contributed by atoms with van der Waals surface area (Å²) < 4.78 is 5.41. The molecule has 0 aliphatic heterocycles. The Bertz CT molecular complexity index is 1210. The number of para-hydroxylation sites is 1. The van der Waals surface area contributed by atoms with E-state index in [0.29, 0.717) is 18.5 Å². The first-order chi connectivity index (χ1) is 15.1. The normalized spacial score (nSPS) is 13.7. The van der Waals surface area contributed by atoms with E-state index in [2.05, 4.69) is 12.1 Å². The highest BCUT2D eigenvalue weighted by Gasteiger charge is 2.28. The molecule has 156 valence electrons. The van der Waals surface area contributed by atoms with E-state index in [1.165, 1.54) is 4.90 Å². The summed E-state index contributed by atoms with van der Waals surface area (Å²) >= 11 is 1.66. The van der Waals surface area contributed by atoms with Crippen LogP contribution in [-0.2, 0) is 16.0 Å². The van der Waals surface area contributed by atoms with Crippen molar-refractivity contribution in [3.8, 4) is 6.07 Å². The molecule has 4 rings (SSSR count). The minimum atomic E-state index is -0.519. The number of ether oxygens (including phenoxy) is 1. The second kappa shape index (κ2) is 9.11. The Labute approximate surface area is 184 Å². The van der Waals surface area contributed by atoms with Gasteiger partial charge in [-0.15, -0.1) is 11.3 Å². The van der Waals surface area contributed by atoms with Crippen molar-refractivity contribution in [2.75, 3.05) is 20.2 Å². The van der Waals surface area contributed by atoms with Crippen LogP contribution in [0.5, 0.6) is 0 Å². The number of esters is 1. The monoisotopic (exact) mass is 431 g/mol. The molecule has 0 atom stereocenters. The highest BCUT2D eigenvalue weighted by molar-refractivity contribution is 7.10. The summed E-state index contributed by atoms with van der Waals surface area (Å²) in [6, 6.07) is 13.6. The highest BCUT2D eigenvalue weighted by Crippen LogP contribution is 2.38. The maximum Gasteiger partial charge on any atom is 0.339 e. The fraction of sp³-hybridized carbons (Fsp3) is 0.250. The van der Waals surface area contributed by atoms with E-state index < -0.39 is 5.97 Å². The number of nitriles is 1. The third-order valence-electron chi connectivity index (χ3n) is 5.32. The molecule has 1 aliphatic rings. The van der Waals surface area contributed by atoms with Crippen molar-refractivity contribution in [1.82, 2.24) is 9.88 Å². The Kier molecular flexibility index (Phi) is 6.10. The zero-order valence-electron chi connectivity index (χ0n) is 17.1. The lowest BCUT2D eigenvalue weighted by Gasteiger charge is -2.16. The molecule has 0 fully saturated rings. The lowest BCUT2D eigenvalue weighted by atomic mass is 10.0. The summed E-state index contributed by atoms with van der Waals surface area (Å²) in [7, 11) is 1.59. The summed E-state index contributed by atoms with van der Waals surface area (Å²) in [5, 5.41) is 11.4. The van der Waals surface area contributed by atoms with Crippen LogP contribution in [-0.4, -0.2) is 42.0 Å². The van der Waals surface area contributed by atoms with Gasteiger partial charge in [0.25, 0.3) is 5.91 Å². The Morgan fingerprint density at radius 2 is 2.10 bits per heavy atom. The van der Waals surface area contributed by atoms with E-state index in [4.69, 9.17) is 15.0 Å². The summed E-state index contributed by atoms with van der Waals surface area (Å²) in [6.07, 6.45) is 3.86. The Balaban J connectivity index is 1.66. The Morgan fingerprint density at radius 3 is 2.87 bits per heavy atom. The van der Waals surface area contributed by atoms with E-state index in [1.54, 1.807) is 18.4 Å². The van der Waals surface area contributed by atoms with Gasteiger partial charge in [-0.1, -0.05) is 24.3 Å². The first-order valence-electron chi connectivity index (χ1n) is 10.0. The SMILES string of the molecule is CN(CCC#N)C(=O)COC(=O)c1c2c(nc3ccccc13)C(=Cc1cccs1)CC2. The molecule has 3 aromatic rings. The first-order valence-corrected chi connectivity index (χ1v) is 10.9. The van der Waals surface area contributed by atoms with Crippen LogP contribution in [0.25, 0.3) is 22.6 Å². The largest absolute Gasteiger partial charge is 0.452 e. The van der Waals surface area contributed by atoms with E-state index in [0.717, 1.165) is 39.0 Å². The van der Waals surface area contributed by atoms with Gasteiger partial charge in [-0.2, -0.15) is 5.26 Å². The van der Waals surface area contributed by atoms with Crippen LogP contribution in [0.2, 0.25) is 0 Å². The van der Waals surface area contributed by atoms with Crippen molar-refractivity contribution in [2.45, 2.75) is 19.3 Å². The molecule has 0 unspecified atom stereocenters. The van der Waals surface area contributed by atoms with Crippen molar-refractivity contribution >= 4 is 45.8 Å². The van der Waals surface area contributed by atoms with Crippen molar-refractivity contribution in [3.63, 3.8) is 0 Å². The Morgan fingerprint density at radius 1 is 1.26 bits per heavy atom. The number of nitrogens with zero attached hydrogens (tertiary/aromatic N) is 3. The van der Waals surface area contributed by atoms with Gasteiger partial charge in [0.05, 0.1) is 29.3 Å². The molecule has 2 heterocycles. The summed E-state index contributed by atoms with van der Waals surface area (Å²) in [5.41, 5.74) is 4.02. The number of allylic oxidation sites excluding steroid dienone is 1. The van der Waals surface area contributed by atoms with E-state index in [-0.39, 0.29) is 18.9 Å². The molecule has 6 nitrogen and oxygen atoms in total. The number of likely N-dealkylation sites (N-methyl/N-ethyl adjacent to an activating group) is 1. The highest BCUT2D eigenvalue weighted by atomic mass is 32.1. The smallest absolute Gasteiger partial charge is 0.339 e. The molecule has 0 saturated carbocycles. The minimum Gasteiger partial charge on any atom is -0.452 e. The maximum absolute atomic E-state index is 13.1. The molecular weight excluding hydrogens is 410 g/mol. The van der Waals surface area contributed by atoms with Gasteiger partial charge in [0, 0.05) is 23.9 Å². The predicted molar refractivity (Wildman–Crippen MR) is 120 cm³/mol. The number of thiophene rings is 1. The zero-order chi connectivity index (χ0) is 21.8. The number of pyridine rings is 1. The molecule has 0 radical (unpaired) electrons. The van der Waals surface area contributed by atoms with Crippen molar-refractivity contribution in [2.24, 2.45) is 0 Å². The van der Waals surface area contributed by atoms with Crippen LogP contribution in [0.1, 0.15) is 39.3 Å². The predicted octanol–water partition coefficient (Wildman–Crippen LogP) is 4.31. The first kappa shape index (κ1) is 20.8. The third-order valence-corrected chi connectivity index (χ3v) is 6.14. The van der Waals surface area contributed by atoms with Crippen molar-refractivity contribution < 1.29 is 14.3 Å². The number of hydrogen-bond donors (Lipinski definition) is 0.